The van der Waals surface area contributed by atoms with Gasteiger partial charge in [-0.15, -0.1) is 5.10 Å². The summed E-state index contributed by atoms with van der Waals surface area (Å²) in [5, 5.41) is 8.76. The number of hydrogen-bond acceptors (Lipinski definition) is 6. The van der Waals surface area contributed by atoms with E-state index in [9.17, 15) is 0 Å². The van der Waals surface area contributed by atoms with Crippen molar-refractivity contribution >= 4 is 28.9 Å². The van der Waals surface area contributed by atoms with E-state index in [4.69, 9.17) is 26.2 Å². The lowest BCUT2D eigenvalue weighted by atomic mass is 10.1. The van der Waals surface area contributed by atoms with Crippen molar-refractivity contribution in [3.05, 3.63) is 102 Å². The van der Waals surface area contributed by atoms with Gasteiger partial charge in [-0.1, -0.05) is 41.9 Å². The van der Waals surface area contributed by atoms with Crippen LogP contribution >= 0.6 is 11.6 Å². The number of ether oxygens (including phenoxy) is 2. The summed E-state index contributed by atoms with van der Waals surface area (Å²) in [5.41, 5.74) is 4.62. The molecule has 0 bridgehead atoms. The molecule has 0 saturated carbocycles. The van der Waals surface area contributed by atoms with E-state index < -0.39 is 0 Å². The fourth-order valence-electron chi connectivity index (χ4n) is 4.73. The number of likely N-dealkylation sites (tertiary alicyclic amines) is 1. The molecule has 0 amide bonds. The van der Waals surface area contributed by atoms with Crippen molar-refractivity contribution in [2.45, 2.75) is 19.4 Å². The molecule has 1 N–H and O–H groups in total. The first-order valence-corrected chi connectivity index (χ1v) is 13.6. The van der Waals surface area contributed by atoms with Crippen LogP contribution in [0.3, 0.4) is 0 Å². The van der Waals surface area contributed by atoms with Gasteiger partial charge in [-0.3, -0.25) is 4.90 Å². The van der Waals surface area contributed by atoms with Gasteiger partial charge >= 0.3 is 0 Å². The summed E-state index contributed by atoms with van der Waals surface area (Å²) in [6.45, 7) is 4.51. The van der Waals surface area contributed by atoms with Crippen LogP contribution < -0.4 is 14.8 Å². The SMILES string of the molecule is Clc1ccc(COc2cccc(-c3cccc4nc(Nc5ccc(OCCN6CCCC6)cc5)nn34)c2)cc1. The van der Waals surface area contributed by atoms with Crippen molar-refractivity contribution in [2.24, 2.45) is 0 Å². The highest BCUT2D eigenvalue weighted by Crippen LogP contribution is 2.26. The molecule has 5 aromatic rings. The number of aromatic nitrogens is 3. The lowest BCUT2D eigenvalue weighted by Gasteiger charge is -2.15. The van der Waals surface area contributed by atoms with Crippen LogP contribution in [0, 0.1) is 0 Å². The Morgan fingerprint density at radius 3 is 2.44 bits per heavy atom. The molecular formula is C31H30ClN5O2. The molecule has 1 saturated heterocycles. The van der Waals surface area contributed by atoms with Gasteiger partial charge in [0, 0.05) is 22.8 Å². The Morgan fingerprint density at radius 2 is 1.62 bits per heavy atom. The summed E-state index contributed by atoms with van der Waals surface area (Å²) in [7, 11) is 0. The van der Waals surface area contributed by atoms with Crippen molar-refractivity contribution in [3.8, 4) is 22.8 Å². The number of anilines is 2. The highest BCUT2D eigenvalue weighted by atomic mass is 35.5. The van der Waals surface area contributed by atoms with E-state index >= 15 is 0 Å². The number of halogens is 1. The molecule has 0 aliphatic carbocycles. The van der Waals surface area contributed by atoms with Gasteiger partial charge in [0.1, 0.15) is 24.7 Å². The predicted octanol–water partition coefficient (Wildman–Crippen LogP) is 6.85. The molecular weight excluding hydrogens is 510 g/mol. The number of nitrogens with zero attached hydrogens (tertiary/aromatic N) is 4. The Balaban J connectivity index is 1.12. The number of benzene rings is 3. The Hall–Kier alpha value is -4.07. The Kier molecular flexibility index (Phi) is 7.61. The van der Waals surface area contributed by atoms with Gasteiger partial charge in [0.25, 0.3) is 0 Å². The van der Waals surface area contributed by atoms with E-state index in [2.05, 4.69) is 15.2 Å². The molecule has 1 aliphatic heterocycles. The third-order valence-corrected chi connectivity index (χ3v) is 7.05. The second-order valence-corrected chi connectivity index (χ2v) is 10.0. The highest BCUT2D eigenvalue weighted by molar-refractivity contribution is 6.30. The first-order chi connectivity index (χ1) is 19.2. The van der Waals surface area contributed by atoms with Crippen LogP contribution in [0.4, 0.5) is 11.6 Å². The fourth-order valence-corrected chi connectivity index (χ4v) is 4.86. The molecule has 8 heteroatoms. The average molecular weight is 540 g/mol. The van der Waals surface area contributed by atoms with E-state index in [1.54, 1.807) is 0 Å². The maximum Gasteiger partial charge on any atom is 0.247 e. The third-order valence-electron chi connectivity index (χ3n) is 6.79. The molecule has 0 atom stereocenters. The average Bonchev–Trinajstić information content (AvgIpc) is 3.63. The molecule has 1 aliphatic rings. The van der Waals surface area contributed by atoms with Crippen LogP contribution in [0.25, 0.3) is 16.9 Å². The first kappa shape index (κ1) is 25.2. The second-order valence-electron chi connectivity index (χ2n) is 9.61. The van der Waals surface area contributed by atoms with Gasteiger partial charge in [-0.25, -0.2) is 4.52 Å². The van der Waals surface area contributed by atoms with Gasteiger partial charge in [0.2, 0.25) is 5.95 Å². The second kappa shape index (κ2) is 11.8. The number of nitrogens with one attached hydrogen (secondary N) is 1. The lowest BCUT2D eigenvalue weighted by molar-refractivity contribution is 0.238. The summed E-state index contributed by atoms with van der Waals surface area (Å²) in [6.07, 6.45) is 2.59. The normalized spacial score (nSPS) is 13.6. The summed E-state index contributed by atoms with van der Waals surface area (Å²) < 4.78 is 13.8. The van der Waals surface area contributed by atoms with Crippen LogP contribution in [-0.4, -0.2) is 45.7 Å². The molecule has 3 heterocycles. The molecule has 6 rings (SSSR count). The minimum absolute atomic E-state index is 0.463. The zero-order valence-electron chi connectivity index (χ0n) is 21.6. The van der Waals surface area contributed by atoms with E-state index in [-0.39, 0.29) is 0 Å². The zero-order chi connectivity index (χ0) is 26.4. The van der Waals surface area contributed by atoms with E-state index in [0.717, 1.165) is 46.2 Å². The number of hydrogen-bond donors (Lipinski definition) is 1. The quantitative estimate of drug-likeness (QED) is 0.209. The van der Waals surface area contributed by atoms with Crippen molar-refractivity contribution in [1.29, 1.82) is 0 Å². The van der Waals surface area contributed by atoms with Crippen LogP contribution in [0.15, 0.2) is 91.0 Å². The third kappa shape index (κ3) is 6.33. The highest BCUT2D eigenvalue weighted by Gasteiger charge is 2.12. The molecule has 39 heavy (non-hydrogen) atoms. The zero-order valence-corrected chi connectivity index (χ0v) is 22.3. The van der Waals surface area contributed by atoms with E-state index in [1.807, 2.05) is 95.5 Å². The molecule has 3 aromatic carbocycles. The van der Waals surface area contributed by atoms with Gasteiger partial charge in [-0.2, -0.15) is 4.98 Å². The Morgan fingerprint density at radius 1 is 0.821 bits per heavy atom. The Labute approximate surface area is 233 Å². The summed E-state index contributed by atoms with van der Waals surface area (Å²) in [6, 6.07) is 29.5. The minimum atomic E-state index is 0.463. The van der Waals surface area contributed by atoms with Crippen LogP contribution in [0.1, 0.15) is 18.4 Å². The van der Waals surface area contributed by atoms with Crippen LogP contribution in [0.2, 0.25) is 5.02 Å². The molecule has 0 radical (unpaired) electrons. The van der Waals surface area contributed by atoms with Gasteiger partial charge in [0.15, 0.2) is 5.65 Å². The molecule has 0 spiro atoms. The van der Waals surface area contributed by atoms with Crippen molar-refractivity contribution in [3.63, 3.8) is 0 Å². The summed E-state index contributed by atoms with van der Waals surface area (Å²) in [4.78, 5) is 7.13. The minimum Gasteiger partial charge on any atom is -0.492 e. The molecule has 2 aromatic heterocycles. The van der Waals surface area contributed by atoms with Crippen molar-refractivity contribution in [2.75, 3.05) is 31.6 Å². The lowest BCUT2D eigenvalue weighted by Crippen LogP contribution is -2.25. The van der Waals surface area contributed by atoms with Gasteiger partial charge in [-0.05, 0) is 92.2 Å². The maximum atomic E-state index is 6.04. The fraction of sp³-hybridized carbons (Fsp3) is 0.226. The summed E-state index contributed by atoms with van der Waals surface area (Å²) in [5.74, 6) is 2.17. The van der Waals surface area contributed by atoms with Gasteiger partial charge < -0.3 is 14.8 Å². The smallest absolute Gasteiger partial charge is 0.247 e. The van der Waals surface area contributed by atoms with Gasteiger partial charge in [0.05, 0.1) is 5.69 Å². The molecule has 0 unspecified atom stereocenters. The van der Waals surface area contributed by atoms with Crippen LogP contribution in [-0.2, 0) is 6.61 Å². The molecule has 1 fully saturated rings. The first-order valence-electron chi connectivity index (χ1n) is 13.3. The van der Waals surface area contributed by atoms with Crippen LogP contribution in [0.5, 0.6) is 11.5 Å². The van der Waals surface area contributed by atoms with E-state index in [1.165, 1.54) is 25.9 Å². The standard InChI is InChI=1S/C31H30ClN5O2/c32-25-11-9-23(10-12-25)22-39-28-6-3-5-24(21-28)29-7-4-8-30-34-31(35-37(29)30)33-26-13-15-27(16-14-26)38-20-19-36-17-1-2-18-36/h3-16,21H,1-2,17-20,22H2,(H,33,35). The topological polar surface area (TPSA) is 63.9 Å². The van der Waals surface area contributed by atoms with Crippen molar-refractivity contribution < 1.29 is 9.47 Å². The number of fused-ring (bicyclic) bond motifs is 1. The predicted molar refractivity (Wildman–Crippen MR) is 155 cm³/mol. The number of rotatable bonds is 10. The molecule has 198 valence electrons. The summed E-state index contributed by atoms with van der Waals surface area (Å²) >= 11 is 5.99. The maximum absolute atomic E-state index is 6.04. The molecule has 7 nitrogen and oxygen atoms in total. The number of pyridine rings is 1. The van der Waals surface area contributed by atoms with Crippen molar-refractivity contribution in [1.82, 2.24) is 19.5 Å². The Bertz CT molecular complexity index is 1530. The van der Waals surface area contributed by atoms with E-state index in [0.29, 0.717) is 24.2 Å². The monoisotopic (exact) mass is 539 g/mol. The largest absolute Gasteiger partial charge is 0.492 e.